The minimum Gasteiger partial charge on any atom is -0.497 e. The molecule has 2 aromatic rings. The Morgan fingerprint density at radius 1 is 0.900 bits per heavy atom. The second kappa shape index (κ2) is 6.14. The van der Waals surface area contributed by atoms with Crippen LogP contribution in [0.4, 0.5) is 8.78 Å². The monoisotopic (exact) mass is 278 g/mol. The molecule has 5 heteroatoms. The summed E-state index contributed by atoms with van der Waals surface area (Å²) in [7, 11) is 1.54. The second-order valence-electron chi connectivity index (χ2n) is 3.96. The highest BCUT2D eigenvalue weighted by Crippen LogP contribution is 2.18. The quantitative estimate of drug-likeness (QED) is 0.785. The lowest BCUT2D eigenvalue weighted by molar-refractivity contribution is -0.0498. The molecule has 0 N–H and O–H groups in total. The summed E-state index contributed by atoms with van der Waals surface area (Å²) >= 11 is 0. The summed E-state index contributed by atoms with van der Waals surface area (Å²) < 4.78 is 33.3. The molecule has 0 aromatic heterocycles. The van der Waals surface area contributed by atoms with Crippen molar-refractivity contribution < 1.29 is 23.0 Å². The molecule has 0 amide bonds. The topological polar surface area (TPSA) is 35.5 Å². The van der Waals surface area contributed by atoms with Crippen molar-refractivity contribution in [2.45, 2.75) is 6.61 Å². The number of alkyl halides is 2. The Labute approximate surface area is 114 Å². The smallest absolute Gasteiger partial charge is 0.387 e. The van der Waals surface area contributed by atoms with Crippen LogP contribution in [0.25, 0.3) is 0 Å². The number of rotatable bonds is 5. The molecule has 0 fully saturated rings. The zero-order valence-electron chi connectivity index (χ0n) is 10.7. The summed E-state index contributed by atoms with van der Waals surface area (Å²) in [5, 5.41) is 0. The summed E-state index contributed by atoms with van der Waals surface area (Å²) in [6, 6.07) is 12.2. The Balaban J connectivity index is 2.15. The fourth-order valence-corrected chi connectivity index (χ4v) is 1.70. The van der Waals surface area contributed by atoms with E-state index < -0.39 is 6.61 Å². The molecule has 0 saturated heterocycles. The maximum atomic E-state index is 12.1. The Morgan fingerprint density at radius 3 is 1.75 bits per heavy atom. The third-order valence-corrected chi connectivity index (χ3v) is 2.69. The molecule has 2 rings (SSSR count). The van der Waals surface area contributed by atoms with Gasteiger partial charge in [0.1, 0.15) is 11.5 Å². The number of hydrogen-bond donors (Lipinski definition) is 0. The maximum absolute atomic E-state index is 12.1. The van der Waals surface area contributed by atoms with Crippen LogP contribution in [-0.2, 0) is 0 Å². The average molecular weight is 278 g/mol. The number of methoxy groups -OCH3 is 1. The zero-order chi connectivity index (χ0) is 14.5. The van der Waals surface area contributed by atoms with Crippen molar-refractivity contribution in [3.05, 3.63) is 59.7 Å². The number of carbonyl (C=O) groups excluding carboxylic acids is 1. The molecule has 3 nitrogen and oxygen atoms in total. The molecule has 104 valence electrons. The van der Waals surface area contributed by atoms with E-state index in [1.807, 2.05) is 0 Å². The second-order valence-corrected chi connectivity index (χ2v) is 3.96. The molecule has 0 aliphatic rings. The van der Waals surface area contributed by atoms with Gasteiger partial charge in [-0.25, -0.2) is 0 Å². The van der Waals surface area contributed by atoms with E-state index in [0.29, 0.717) is 16.9 Å². The SMILES string of the molecule is COc1ccc(C(=O)c2ccc(OC(F)F)cc2)cc1. The molecule has 0 saturated carbocycles. The number of ether oxygens (including phenoxy) is 2. The van der Waals surface area contributed by atoms with Crippen LogP contribution in [0.3, 0.4) is 0 Å². The minimum atomic E-state index is -2.88. The van der Waals surface area contributed by atoms with E-state index in [9.17, 15) is 13.6 Å². The van der Waals surface area contributed by atoms with Gasteiger partial charge in [-0.1, -0.05) is 0 Å². The van der Waals surface area contributed by atoms with Crippen LogP contribution in [0.15, 0.2) is 48.5 Å². The van der Waals surface area contributed by atoms with Gasteiger partial charge >= 0.3 is 6.61 Å². The van der Waals surface area contributed by atoms with Gasteiger partial charge in [0.05, 0.1) is 7.11 Å². The maximum Gasteiger partial charge on any atom is 0.387 e. The van der Waals surface area contributed by atoms with Crippen LogP contribution >= 0.6 is 0 Å². The Morgan fingerprint density at radius 2 is 1.35 bits per heavy atom. The highest BCUT2D eigenvalue weighted by molar-refractivity contribution is 6.09. The number of carbonyl (C=O) groups is 1. The van der Waals surface area contributed by atoms with Gasteiger partial charge in [-0.2, -0.15) is 8.78 Å². The number of halogens is 2. The number of benzene rings is 2. The first-order chi connectivity index (χ1) is 9.60. The fourth-order valence-electron chi connectivity index (χ4n) is 1.70. The molecule has 0 unspecified atom stereocenters. The van der Waals surface area contributed by atoms with Crippen LogP contribution in [0.2, 0.25) is 0 Å². The van der Waals surface area contributed by atoms with Crippen molar-refractivity contribution in [1.82, 2.24) is 0 Å². The van der Waals surface area contributed by atoms with Crippen molar-refractivity contribution in [2.75, 3.05) is 7.11 Å². The normalized spacial score (nSPS) is 10.4. The molecule has 0 atom stereocenters. The van der Waals surface area contributed by atoms with E-state index in [-0.39, 0.29) is 11.5 Å². The standard InChI is InChI=1S/C15H12F2O3/c1-19-12-6-2-10(3-7-12)14(18)11-4-8-13(9-5-11)20-15(16)17/h2-9,15H,1H3. The molecule has 20 heavy (non-hydrogen) atoms. The van der Waals surface area contributed by atoms with Crippen molar-refractivity contribution >= 4 is 5.78 Å². The molecule has 0 spiro atoms. The van der Waals surface area contributed by atoms with Gasteiger partial charge in [-0.3, -0.25) is 4.79 Å². The van der Waals surface area contributed by atoms with E-state index in [0.717, 1.165) is 0 Å². The van der Waals surface area contributed by atoms with E-state index in [1.54, 1.807) is 31.4 Å². The lowest BCUT2D eigenvalue weighted by atomic mass is 10.0. The number of hydrogen-bond acceptors (Lipinski definition) is 3. The van der Waals surface area contributed by atoms with Crippen molar-refractivity contribution in [1.29, 1.82) is 0 Å². The molecule has 0 aliphatic heterocycles. The molecule has 0 bridgehead atoms. The van der Waals surface area contributed by atoms with Gasteiger partial charge in [0.2, 0.25) is 0 Å². The summed E-state index contributed by atoms with van der Waals surface area (Å²) in [5.74, 6) is 0.477. The molecule has 0 heterocycles. The van der Waals surface area contributed by atoms with E-state index in [1.165, 1.54) is 24.3 Å². The predicted molar refractivity (Wildman–Crippen MR) is 69.5 cm³/mol. The Bertz CT molecular complexity index is 577. The number of ketones is 1. The lowest BCUT2D eigenvalue weighted by Crippen LogP contribution is -2.04. The first-order valence-electron chi connectivity index (χ1n) is 5.84. The van der Waals surface area contributed by atoms with Crippen molar-refractivity contribution in [2.24, 2.45) is 0 Å². The minimum absolute atomic E-state index is 0.0197. The average Bonchev–Trinajstić information content (AvgIpc) is 2.47. The first-order valence-corrected chi connectivity index (χ1v) is 5.84. The third kappa shape index (κ3) is 3.32. The molecule has 0 aliphatic carbocycles. The largest absolute Gasteiger partial charge is 0.497 e. The highest BCUT2D eigenvalue weighted by atomic mass is 19.3. The molecule has 2 aromatic carbocycles. The van der Waals surface area contributed by atoms with Gasteiger partial charge in [-0.05, 0) is 48.5 Å². The van der Waals surface area contributed by atoms with Crippen molar-refractivity contribution in [3.63, 3.8) is 0 Å². The van der Waals surface area contributed by atoms with E-state index >= 15 is 0 Å². The predicted octanol–water partition coefficient (Wildman–Crippen LogP) is 3.53. The highest BCUT2D eigenvalue weighted by Gasteiger charge is 2.10. The zero-order valence-corrected chi connectivity index (χ0v) is 10.7. The fraction of sp³-hybridized carbons (Fsp3) is 0.133. The van der Waals surface area contributed by atoms with E-state index in [2.05, 4.69) is 4.74 Å². The van der Waals surface area contributed by atoms with Crippen LogP contribution in [-0.4, -0.2) is 19.5 Å². The van der Waals surface area contributed by atoms with E-state index in [4.69, 9.17) is 4.74 Å². The van der Waals surface area contributed by atoms with Crippen LogP contribution in [0.5, 0.6) is 11.5 Å². The third-order valence-electron chi connectivity index (χ3n) is 2.69. The Kier molecular flexibility index (Phi) is 4.30. The van der Waals surface area contributed by atoms with Gasteiger partial charge in [0.25, 0.3) is 0 Å². The molecule has 0 radical (unpaired) electrons. The molecular formula is C15H12F2O3. The van der Waals surface area contributed by atoms with Gasteiger partial charge in [0.15, 0.2) is 5.78 Å². The van der Waals surface area contributed by atoms with Gasteiger partial charge in [0, 0.05) is 11.1 Å². The molecular weight excluding hydrogens is 266 g/mol. The first kappa shape index (κ1) is 14.0. The van der Waals surface area contributed by atoms with Gasteiger partial charge in [-0.15, -0.1) is 0 Å². The lowest BCUT2D eigenvalue weighted by Gasteiger charge is -2.06. The van der Waals surface area contributed by atoms with Crippen LogP contribution in [0, 0.1) is 0 Å². The summed E-state index contributed by atoms with van der Waals surface area (Å²) in [4.78, 5) is 12.1. The summed E-state index contributed by atoms with van der Waals surface area (Å²) in [5.41, 5.74) is 0.894. The van der Waals surface area contributed by atoms with Crippen LogP contribution in [0.1, 0.15) is 15.9 Å². The van der Waals surface area contributed by atoms with Gasteiger partial charge < -0.3 is 9.47 Å². The van der Waals surface area contributed by atoms with Crippen molar-refractivity contribution in [3.8, 4) is 11.5 Å². The Hall–Kier alpha value is -2.43. The summed E-state index contributed by atoms with van der Waals surface area (Å²) in [6.07, 6.45) is 0. The van der Waals surface area contributed by atoms with Crippen LogP contribution < -0.4 is 9.47 Å². The summed E-state index contributed by atoms with van der Waals surface area (Å²) in [6.45, 7) is -2.88.